The number of carbonyl (C=O) groups excluding carboxylic acids is 2. The second-order valence-corrected chi connectivity index (χ2v) is 5.71. The summed E-state index contributed by atoms with van der Waals surface area (Å²) in [7, 11) is 0. The smallest absolute Gasteiger partial charge is 0.253 e. The summed E-state index contributed by atoms with van der Waals surface area (Å²) in [6, 6.07) is 7.48. The van der Waals surface area contributed by atoms with E-state index in [1.165, 1.54) is 0 Å². The van der Waals surface area contributed by atoms with Crippen LogP contribution in [0.1, 0.15) is 31.7 Å². The molecule has 2 amide bonds. The SMILES string of the molecule is CC1CC(=O)NN=C1c1ccc(NC(=O)C2CCCO2)cc1. The Bertz CT molecular complexity index is 604. The predicted octanol–water partition coefficient (Wildman–Crippen LogP) is 1.66. The van der Waals surface area contributed by atoms with Crippen LogP contribution < -0.4 is 10.7 Å². The van der Waals surface area contributed by atoms with Gasteiger partial charge in [0.2, 0.25) is 5.91 Å². The lowest BCUT2D eigenvalue weighted by molar-refractivity contribution is -0.124. The number of rotatable bonds is 3. The largest absolute Gasteiger partial charge is 0.368 e. The van der Waals surface area contributed by atoms with Crippen molar-refractivity contribution < 1.29 is 14.3 Å². The highest BCUT2D eigenvalue weighted by Gasteiger charge is 2.24. The number of hydrazone groups is 1. The maximum atomic E-state index is 12.0. The van der Waals surface area contributed by atoms with Gasteiger partial charge in [0.1, 0.15) is 6.10 Å². The number of nitrogens with one attached hydrogen (secondary N) is 2. The van der Waals surface area contributed by atoms with Gasteiger partial charge in [-0.25, -0.2) is 5.43 Å². The van der Waals surface area contributed by atoms with Crippen molar-refractivity contribution in [2.24, 2.45) is 11.0 Å². The molecule has 6 nitrogen and oxygen atoms in total. The van der Waals surface area contributed by atoms with Crippen molar-refractivity contribution in [2.75, 3.05) is 11.9 Å². The van der Waals surface area contributed by atoms with Crippen molar-refractivity contribution in [3.8, 4) is 0 Å². The lowest BCUT2D eigenvalue weighted by Crippen LogP contribution is -2.32. The average molecular weight is 301 g/mol. The number of carbonyl (C=O) groups is 2. The van der Waals surface area contributed by atoms with Gasteiger partial charge in [0, 0.05) is 24.6 Å². The van der Waals surface area contributed by atoms with E-state index in [0.717, 1.165) is 29.8 Å². The van der Waals surface area contributed by atoms with Crippen molar-refractivity contribution >= 4 is 23.2 Å². The van der Waals surface area contributed by atoms with Gasteiger partial charge >= 0.3 is 0 Å². The molecule has 0 radical (unpaired) electrons. The van der Waals surface area contributed by atoms with Gasteiger partial charge < -0.3 is 10.1 Å². The maximum absolute atomic E-state index is 12.0. The number of nitrogens with zero attached hydrogens (tertiary/aromatic N) is 1. The predicted molar refractivity (Wildman–Crippen MR) is 82.5 cm³/mol. The molecule has 2 aliphatic heterocycles. The Hall–Kier alpha value is -2.21. The van der Waals surface area contributed by atoms with Gasteiger partial charge in [-0.3, -0.25) is 9.59 Å². The summed E-state index contributed by atoms with van der Waals surface area (Å²) < 4.78 is 5.36. The van der Waals surface area contributed by atoms with Crippen LogP contribution in [-0.2, 0) is 14.3 Å². The Morgan fingerprint density at radius 1 is 1.36 bits per heavy atom. The van der Waals surface area contributed by atoms with Crippen molar-refractivity contribution in [1.29, 1.82) is 0 Å². The molecule has 2 aliphatic rings. The highest BCUT2D eigenvalue weighted by Crippen LogP contribution is 2.19. The molecule has 0 bridgehead atoms. The van der Waals surface area contributed by atoms with Crippen LogP contribution in [0.15, 0.2) is 29.4 Å². The second-order valence-electron chi connectivity index (χ2n) is 5.71. The molecule has 116 valence electrons. The standard InChI is InChI=1S/C16H19N3O3/c1-10-9-14(20)18-19-15(10)11-4-6-12(7-5-11)17-16(21)13-3-2-8-22-13/h4-7,10,13H,2-3,8-9H2,1H3,(H,17,21)(H,18,20). The van der Waals surface area contributed by atoms with Gasteiger partial charge in [0.25, 0.3) is 5.91 Å². The molecule has 0 aliphatic carbocycles. The van der Waals surface area contributed by atoms with Crippen LogP contribution in [0.3, 0.4) is 0 Å². The minimum Gasteiger partial charge on any atom is -0.368 e. The number of hydrogen-bond acceptors (Lipinski definition) is 4. The topological polar surface area (TPSA) is 79.8 Å². The Labute approximate surface area is 128 Å². The molecule has 0 spiro atoms. The van der Waals surface area contributed by atoms with E-state index >= 15 is 0 Å². The van der Waals surface area contributed by atoms with Gasteiger partial charge in [-0.15, -0.1) is 0 Å². The third-order valence-electron chi connectivity index (χ3n) is 3.93. The molecule has 2 heterocycles. The van der Waals surface area contributed by atoms with Crippen LogP contribution >= 0.6 is 0 Å². The normalized spacial score (nSPS) is 24.6. The quantitative estimate of drug-likeness (QED) is 0.891. The van der Waals surface area contributed by atoms with Crippen molar-refractivity contribution in [3.63, 3.8) is 0 Å². The van der Waals surface area contributed by atoms with Crippen LogP contribution in [-0.4, -0.2) is 30.2 Å². The fraction of sp³-hybridized carbons (Fsp3) is 0.438. The van der Waals surface area contributed by atoms with Crippen LogP contribution in [0, 0.1) is 5.92 Å². The summed E-state index contributed by atoms with van der Waals surface area (Å²) in [4.78, 5) is 23.3. The van der Waals surface area contributed by atoms with E-state index < -0.39 is 0 Å². The monoisotopic (exact) mass is 301 g/mol. The first-order valence-corrected chi connectivity index (χ1v) is 7.53. The number of benzene rings is 1. The third-order valence-corrected chi connectivity index (χ3v) is 3.93. The zero-order chi connectivity index (χ0) is 15.5. The molecule has 3 rings (SSSR count). The summed E-state index contributed by atoms with van der Waals surface area (Å²) in [5.41, 5.74) is 5.05. The first-order valence-electron chi connectivity index (χ1n) is 7.53. The second kappa shape index (κ2) is 6.27. The van der Waals surface area contributed by atoms with E-state index in [2.05, 4.69) is 15.8 Å². The molecule has 0 saturated carbocycles. The van der Waals surface area contributed by atoms with E-state index in [4.69, 9.17) is 4.74 Å². The minimum atomic E-state index is -0.336. The fourth-order valence-corrected chi connectivity index (χ4v) is 2.73. The highest BCUT2D eigenvalue weighted by atomic mass is 16.5. The van der Waals surface area contributed by atoms with E-state index in [1.54, 1.807) is 0 Å². The Morgan fingerprint density at radius 3 is 2.77 bits per heavy atom. The number of amides is 2. The summed E-state index contributed by atoms with van der Waals surface area (Å²) in [5, 5.41) is 6.98. The third kappa shape index (κ3) is 3.17. The van der Waals surface area contributed by atoms with Gasteiger partial charge in [-0.1, -0.05) is 19.1 Å². The van der Waals surface area contributed by atoms with Crippen LogP contribution in [0.2, 0.25) is 0 Å². The molecule has 2 N–H and O–H groups in total. The molecule has 0 aromatic heterocycles. The zero-order valence-corrected chi connectivity index (χ0v) is 12.5. The molecule has 1 fully saturated rings. The van der Waals surface area contributed by atoms with E-state index in [1.807, 2.05) is 31.2 Å². The molecule has 2 unspecified atom stereocenters. The molecule has 1 saturated heterocycles. The van der Waals surface area contributed by atoms with Crippen LogP contribution in [0.5, 0.6) is 0 Å². The Kier molecular flexibility index (Phi) is 4.20. The van der Waals surface area contributed by atoms with Crippen molar-refractivity contribution in [1.82, 2.24) is 5.43 Å². The van der Waals surface area contributed by atoms with Crippen molar-refractivity contribution in [2.45, 2.75) is 32.3 Å². The maximum Gasteiger partial charge on any atom is 0.253 e. The van der Waals surface area contributed by atoms with Gasteiger partial charge in [0.15, 0.2) is 0 Å². The Balaban J connectivity index is 1.67. The average Bonchev–Trinajstić information content (AvgIpc) is 3.03. The summed E-state index contributed by atoms with van der Waals surface area (Å²) in [5.74, 6) is -0.0707. The van der Waals surface area contributed by atoms with E-state index in [9.17, 15) is 9.59 Å². The lowest BCUT2D eigenvalue weighted by atomic mass is 9.94. The minimum absolute atomic E-state index is 0.0586. The molecule has 6 heteroatoms. The zero-order valence-electron chi connectivity index (χ0n) is 12.5. The fourth-order valence-electron chi connectivity index (χ4n) is 2.73. The number of anilines is 1. The first-order chi connectivity index (χ1) is 10.6. The first kappa shape index (κ1) is 14.7. The highest BCUT2D eigenvalue weighted by molar-refractivity contribution is 6.06. The Morgan fingerprint density at radius 2 is 2.14 bits per heavy atom. The molecule has 1 aromatic rings. The molecule has 1 aromatic carbocycles. The molecule has 22 heavy (non-hydrogen) atoms. The van der Waals surface area contributed by atoms with Gasteiger partial charge in [-0.05, 0) is 30.5 Å². The molecular weight excluding hydrogens is 282 g/mol. The van der Waals surface area contributed by atoms with E-state index in [0.29, 0.717) is 13.0 Å². The van der Waals surface area contributed by atoms with Crippen LogP contribution in [0.4, 0.5) is 5.69 Å². The summed E-state index contributed by atoms with van der Waals surface area (Å²) in [6.07, 6.45) is 1.81. The van der Waals surface area contributed by atoms with Gasteiger partial charge in [-0.2, -0.15) is 5.10 Å². The summed E-state index contributed by atoms with van der Waals surface area (Å²) >= 11 is 0. The van der Waals surface area contributed by atoms with Crippen LogP contribution in [0.25, 0.3) is 0 Å². The number of ether oxygens (including phenoxy) is 1. The lowest BCUT2D eigenvalue weighted by Gasteiger charge is -2.19. The van der Waals surface area contributed by atoms with E-state index in [-0.39, 0.29) is 23.8 Å². The molecular formula is C16H19N3O3. The number of hydrogen-bond donors (Lipinski definition) is 2. The van der Waals surface area contributed by atoms with Gasteiger partial charge in [0.05, 0.1) is 5.71 Å². The summed E-state index contributed by atoms with van der Waals surface area (Å²) in [6.45, 7) is 2.63. The molecule has 2 atom stereocenters. The van der Waals surface area contributed by atoms with Crippen molar-refractivity contribution in [3.05, 3.63) is 29.8 Å².